The van der Waals surface area contributed by atoms with Gasteiger partial charge in [-0.1, -0.05) is 47.9 Å². The highest BCUT2D eigenvalue weighted by molar-refractivity contribution is 7.15. The third-order valence-electron chi connectivity index (χ3n) is 4.76. The van der Waals surface area contributed by atoms with Crippen molar-refractivity contribution in [2.24, 2.45) is 0 Å². The molecule has 1 aromatic carbocycles. The van der Waals surface area contributed by atoms with Crippen LogP contribution in [0, 0.1) is 0 Å². The normalized spacial score (nSPS) is 20.3. The molecule has 0 atom stereocenters. The molecule has 4 rings (SSSR count). The van der Waals surface area contributed by atoms with Crippen molar-refractivity contribution in [3.05, 3.63) is 39.9 Å². The molecule has 2 heterocycles. The first-order valence-corrected chi connectivity index (χ1v) is 9.38. The Balaban J connectivity index is 1.46. The van der Waals surface area contributed by atoms with Gasteiger partial charge in [0.05, 0.1) is 12.2 Å². The summed E-state index contributed by atoms with van der Waals surface area (Å²) < 4.78 is 6.09. The average Bonchev–Trinajstić information content (AvgIpc) is 3.20. The molecule has 0 amide bonds. The Morgan fingerprint density at radius 3 is 2.74 bits per heavy atom. The summed E-state index contributed by atoms with van der Waals surface area (Å²) in [4.78, 5) is 2.36. The maximum Gasteiger partial charge on any atom is 0.208 e. The number of rotatable bonds is 3. The van der Waals surface area contributed by atoms with Crippen LogP contribution in [-0.2, 0) is 11.2 Å². The fourth-order valence-corrected chi connectivity index (χ4v) is 4.57. The van der Waals surface area contributed by atoms with Gasteiger partial charge in [-0.3, -0.25) is 0 Å². The molecule has 0 radical (unpaired) electrons. The van der Waals surface area contributed by atoms with Gasteiger partial charge in [-0.05, 0) is 30.5 Å². The van der Waals surface area contributed by atoms with Crippen molar-refractivity contribution >= 4 is 28.1 Å². The second kappa shape index (κ2) is 6.38. The zero-order valence-corrected chi connectivity index (χ0v) is 14.6. The highest BCUT2D eigenvalue weighted by Crippen LogP contribution is 2.37. The lowest BCUT2D eigenvalue weighted by atomic mass is 10.0. The van der Waals surface area contributed by atoms with Gasteiger partial charge in [0, 0.05) is 24.5 Å². The first-order valence-electron chi connectivity index (χ1n) is 8.18. The molecule has 1 aliphatic carbocycles. The summed E-state index contributed by atoms with van der Waals surface area (Å²) >= 11 is 7.63. The summed E-state index contributed by atoms with van der Waals surface area (Å²) in [7, 11) is 0. The Kier molecular flexibility index (Phi) is 4.26. The SMILES string of the molecule is Clc1ccc(Cc2nnc(N3CCOC4(CCCC4)C3)s2)cc1. The van der Waals surface area contributed by atoms with Crippen molar-refractivity contribution in [2.75, 3.05) is 24.6 Å². The number of benzene rings is 1. The summed E-state index contributed by atoms with van der Waals surface area (Å²) in [5, 5.41) is 11.6. The molecule has 0 unspecified atom stereocenters. The molecule has 4 nitrogen and oxygen atoms in total. The fraction of sp³-hybridized carbons (Fsp3) is 0.529. The molecule has 1 saturated carbocycles. The van der Waals surface area contributed by atoms with E-state index in [1.165, 1.54) is 31.2 Å². The van der Waals surface area contributed by atoms with Crippen molar-refractivity contribution in [2.45, 2.75) is 37.7 Å². The van der Waals surface area contributed by atoms with Crippen LogP contribution in [0.2, 0.25) is 5.02 Å². The van der Waals surface area contributed by atoms with Crippen molar-refractivity contribution in [3.8, 4) is 0 Å². The minimum atomic E-state index is 0.0697. The quantitative estimate of drug-likeness (QED) is 0.841. The van der Waals surface area contributed by atoms with Crippen LogP contribution in [0.5, 0.6) is 0 Å². The summed E-state index contributed by atoms with van der Waals surface area (Å²) in [5.74, 6) is 0. The van der Waals surface area contributed by atoms with Crippen LogP contribution >= 0.6 is 22.9 Å². The summed E-state index contributed by atoms with van der Waals surface area (Å²) in [6.45, 7) is 2.67. The molecule has 0 N–H and O–H groups in total. The lowest BCUT2D eigenvalue weighted by Gasteiger charge is -2.40. The van der Waals surface area contributed by atoms with Gasteiger partial charge in [-0.15, -0.1) is 10.2 Å². The van der Waals surface area contributed by atoms with Crippen molar-refractivity contribution in [1.82, 2.24) is 10.2 Å². The van der Waals surface area contributed by atoms with Crippen LogP contribution in [0.25, 0.3) is 0 Å². The molecule has 0 bridgehead atoms. The van der Waals surface area contributed by atoms with E-state index in [0.717, 1.165) is 41.3 Å². The van der Waals surface area contributed by atoms with Gasteiger partial charge < -0.3 is 9.64 Å². The lowest BCUT2D eigenvalue weighted by Crippen LogP contribution is -2.50. The first-order chi connectivity index (χ1) is 11.2. The molecular formula is C17H20ClN3OS. The van der Waals surface area contributed by atoms with Crippen LogP contribution in [0.1, 0.15) is 36.3 Å². The largest absolute Gasteiger partial charge is 0.371 e. The number of ether oxygens (including phenoxy) is 1. The van der Waals surface area contributed by atoms with E-state index >= 15 is 0 Å². The minimum absolute atomic E-state index is 0.0697. The van der Waals surface area contributed by atoms with Crippen LogP contribution in [-0.4, -0.2) is 35.5 Å². The Morgan fingerprint density at radius 2 is 1.96 bits per heavy atom. The van der Waals surface area contributed by atoms with Crippen molar-refractivity contribution in [3.63, 3.8) is 0 Å². The molecule has 122 valence electrons. The molecule has 23 heavy (non-hydrogen) atoms. The van der Waals surface area contributed by atoms with Gasteiger partial charge in [-0.25, -0.2) is 0 Å². The molecule has 1 spiro atoms. The topological polar surface area (TPSA) is 38.2 Å². The molecule has 6 heteroatoms. The van der Waals surface area contributed by atoms with Gasteiger partial charge in [0.2, 0.25) is 5.13 Å². The van der Waals surface area contributed by atoms with E-state index in [-0.39, 0.29) is 5.60 Å². The Hall–Kier alpha value is -1.17. The Morgan fingerprint density at radius 1 is 1.17 bits per heavy atom. The van der Waals surface area contributed by atoms with Crippen LogP contribution in [0.4, 0.5) is 5.13 Å². The summed E-state index contributed by atoms with van der Waals surface area (Å²) in [5.41, 5.74) is 1.28. The number of anilines is 1. The fourth-order valence-electron chi connectivity index (χ4n) is 3.55. The Labute approximate surface area is 145 Å². The van der Waals surface area contributed by atoms with Gasteiger partial charge in [0.15, 0.2) is 0 Å². The summed E-state index contributed by atoms with van der Waals surface area (Å²) in [6.07, 6.45) is 5.74. The zero-order valence-electron chi connectivity index (χ0n) is 13.0. The van der Waals surface area contributed by atoms with Crippen molar-refractivity contribution in [1.29, 1.82) is 0 Å². The smallest absolute Gasteiger partial charge is 0.208 e. The van der Waals surface area contributed by atoms with E-state index in [1.54, 1.807) is 11.3 Å². The van der Waals surface area contributed by atoms with E-state index in [1.807, 2.05) is 24.3 Å². The van der Waals surface area contributed by atoms with Gasteiger partial charge in [0.1, 0.15) is 5.01 Å². The number of hydrogen-bond acceptors (Lipinski definition) is 5. The standard InChI is InChI=1S/C17H20ClN3OS/c18-14-5-3-13(4-6-14)11-15-19-20-16(23-15)21-9-10-22-17(12-21)7-1-2-8-17/h3-6H,1-2,7-12H2. The van der Waals surface area contributed by atoms with E-state index in [4.69, 9.17) is 16.3 Å². The number of nitrogens with zero attached hydrogens (tertiary/aromatic N) is 3. The van der Waals surface area contributed by atoms with E-state index in [9.17, 15) is 0 Å². The maximum absolute atomic E-state index is 6.09. The van der Waals surface area contributed by atoms with E-state index < -0.39 is 0 Å². The third kappa shape index (κ3) is 3.37. The first kappa shape index (κ1) is 15.4. The van der Waals surface area contributed by atoms with E-state index in [0.29, 0.717) is 0 Å². The predicted octanol–water partition coefficient (Wildman–Crippen LogP) is 3.93. The van der Waals surface area contributed by atoms with Crippen LogP contribution in [0.3, 0.4) is 0 Å². The summed E-state index contributed by atoms with van der Waals surface area (Å²) in [6, 6.07) is 7.94. The number of halogens is 1. The zero-order chi connectivity index (χ0) is 15.7. The van der Waals surface area contributed by atoms with E-state index in [2.05, 4.69) is 15.1 Å². The Bertz CT molecular complexity index is 667. The number of hydrogen-bond donors (Lipinski definition) is 0. The predicted molar refractivity (Wildman–Crippen MR) is 93.5 cm³/mol. The van der Waals surface area contributed by atoms with Crippen LogP contribution < -0.4 is 4.90 Å². The maximum atomic E-state index is 6.09. The molecule has 2 aromatic rings. The van der Waals surface area contributed by atoms with Gasteiger partial charge in [-0.2, -0.15) is 0 Å². The number of aromatic nitrogens is 2. The van der Waals surface area contributed by atoms with Gasteiger partial charge in [0.25, 0.3) is 0 Å². The average molecular weight is 350 g/mol. The highest BCUT2D eigenvalue weighted by Gasteiger charge is 2.40. The molecular weight excluding hydrogens is 330 g/mol. The monoisotopic (exact) mass is 349 g/mol. The second-order valence-corrected chi connectivity index (χ2v) is 7.92. The second-order valence-electron chi connectivity index (χ2n) is 6.44. The molecule has 2 fully saturated rings. The highest BCUT2D eigenvalue weighted by atomic mass is 35.5. The van der Waals surface area contributed by atoms with Crippen LogP contribution in [0.15, 0.2) is 24.3 Å². The molecule has 1 aromatic heterocycles. The molecule has 1 saturated heterocycles. The third-order valence-corrected chi connectivity index (χ3v) is 5.99. The number of morpholine rings is 1. The van der Waals surface area contributed by atoms with Gasteiger partial charge >= 0.3 is 0 Å². The molecule has 1 aliphatic heterocycles. The minimum Gasteiger partial charge on any atom is -0.371 e. The lowest BCUT2D eigenvalue weighted by molar-refractivity contribution is -0.0501. The van der Waals surface area contributed by atoms with Crippen molar-refractivity contribution < 1.29 is 4.74 Å². The molecule has 2 aliphatic rings.